The van der Waals surface area contributed by atoms with Crippen molar-refractivity contribution in [2.75, 3.05) is 6.54 Å². The van der Waals surface area contributed by atoms with Gasteiger partial charge in [0.2, 0.25) is 5.91 Å². The van der Waals surface area contributed by atoms with E-state index in [1.165, 1.54) is 19.1 Å². The average Bonchev–Trinajstić information content (AvgIpc) is 2.58. The number of hydrogen-bond acceptors (Lipinski definition) is 4. The van der Waals surface area contributed by atoms with Crippen LogP contribution in [0.5, 0.6) is 0 Å². The van der Waals surface area contributed by atoms with Gasteiger partial charge in [0.15, 0.2) is 0 Å². The lowest BCUT2D eigenvalue weighted by molar-refractivity contribution is -0.120. The Morgan fingerprint density at radius 1 is 1.13 bits per heavy atom. The van der Waals surface area contributed by atoms with E-state index in [4.69, 9.17) is 0 Å². The zero-order valence-corrected chi connectivity index (χ0v) is 18.0. The van der Waals surface area contributed by atoms with Gasteiger partial charge in [0.05, 0.1) is 17.8 Å². The van der Waals surface area contributed by atoms with Crippen LogP contribution in [0.25, 0.3) is 0 Å². The minimum Gasteiger partial charge on any atom is -0.390 e. The monoisotopic (exact) mass is 419 g/mol. The van der Waals surface area contributed by atoms with Crippen molar-refractivity contribution in [2.24, 2.45) is 5.41 Å². The number of halogens is 2. The molecule has 0 bridgehead atoms. The Hall–Kier alpha value is -2.38. The summed E-state index contributed by atoms with van der Waals surface area (Å²) >= 11 is 0. The average molecular weight is 420 g/mol. The van der Waals surface area contributed by atoms with E-state index in [-0.39, 0.29) is 24.3 Å². The zero-order valence-electron chi connectivity index (χ0n) is 18.0. The van der Waals surface area contributed by atoms with Crippen LogP contribution in [0.15, 0.2) is 36.4 Å². The number of aliphatic hydroxyl groups is 1. The van der Waals surface area contributed by atoms with Crippen LogP contribution < -0.4 is 10.6 Å². The van der Waals surface area contributed by atoms with Crippen molar-refractivity contribution in [1.82, 2.24) is 15.6 Å². The first-order valence-electron chi connectivity index (χ1n) is 10.1. The molecule has 0 aliphatic carbocycles. The lowest BCUT2D eigenvalue weighted by atomic mass is 9.90. The number of hydrogen-bond donors (Lipinski definition) is 3. The molecule has 1 aromatic heterocycles. The number of carbonyl (C=O) groups excluding carboxylic acids is 1. The van der Waals surface area contributed by atoms with Crippen LogP contribution in [0.4, 0.5) is 8.78 Å². The summed E-state index contributed by atoms with van der Waals surface area (Å²) < 4.78 is 26.9. The molecule has 0 radical (unpaired) electrons. The van der Waals surface area contributed by atoms with E-state index >= 15 is 0 Å². The van der Waals surface area contributed by atoms with Crippen molar-refractivity contribution in [3.05, 3.63) is 65.0 Å². The third kappa shape index (κ3) is 8.55. The summed E-state index contributed by atoms with van der Waals surface area (Å²) in [5, 5.41) is 16.4. The summed E-state index contributed by atoms with van der Waals surface area (Å²) in [6.45, 7) is 8.45. The third-order valence-electron chi connectivity index (χ3n) is 4.47. The Labute approximate surface area is 176 Å². The fraction of sp³-hybridized carbons (Fsp3) is 0.478. The molecule has 0 spiro atoms. The van der Waals surface area contributed by atoms with Gasteiger partial charge >= 0.3 is 0 Å². The van der Waals surface area contributed by atoms with Gasteiger partial charge in [0.25, 0.3) is 0 Å². The van der Waals surface area contributed by atoms with Crippen molar-refractivity contribution in [2.45, 2.75) is 59.2 Å². The largest absolute Gasteiger partial charge is 0.390 e. The van der Waals surface area contributed by atoms with Gasteiger partial charge in [-0.1, -0.05) is 26.8 Å². The number of benzene rings is 1. The van der Waals surface area contributed by atoms with E-state index in [9.17, 15) is 18.7 Å². The molecule has 5 nitrogen and oxygen atoms in total. The molecule has 0 fully saturated rings. The molecule has 0 aliphatic heterocycles. The van der Waals surface area contributed by atoms with Gasteiger partial charge in [-0.3, -0.25) is 9.78 Å². The van der Waals surface area contributed by atoms with Crippen molar-refractivity contribution >= 4 is 5.91 Å². The van der Waals surface area contributed by atoms with E-state index in [0.29, 0.717) is 12.1 Å². The molecule has 164 valence electrons. The highest BCUT2D eigenvalue weighted by Crippen LogP contribution is 2.19. The fourth-order valence-electron chi connectivity index (χ4n) is 3.29. The topological polar surface area (TPSA) is 74.2 Å². The maximum atomic E-state index is 13.5. The van der Waals surface area contributed by atoms with Gasteiger partial charge in [0.1, 0.15) is 11.6 Å². The number of nitrogens with one attached hydrogen (secondary N) is 2. The van der Waals surface area contributed by atoms with Crippen molar-refractivity contribution < 1.29 is 18.7 Å². The van der Waals surface area contributed by atoms with Crippen LogP contribution in [-0.4, -0.2) is 34.7 Å². The van der Waals surface area contributed by atoms with Crippen molar-refractivity contribution in [3.63, 3.8) is 0 Å². The van der Waals surface area contributed by atoms with Crippen LogP contribution in [-0.2, 0) is 24.2 Å². The lowest BCUT2D eigenvalue weighted by Crippen LogP contribution is -2.48. The molecule has 2 aromatic rings. The molecule has 30 heavy (non-hydrogen) atoms. The van der Waals surface area contributed by atoms with Gasteiger partial charge in [-0.05, 0) is 48.1 Å². The van der Waals surface area contributed by atoms with Crippen molar-refractivity contribution in [1.29, 1.82) is 0 Å². The van der Waals surface area contributed by atoms with Crippen LogP contribution in [0, 0.1) is 17.0 Å². The highest BCUT2D eigenvalue weighted by Gasteiger charge is 2.21. The van der Waals surface area contributed by atoms with Gasteiger partial charge in [-0.15, -0.1) is 0 Å². The maximum absolute atomic E-state index is 13.5. The SMILES string of the molecule is CC(=O)N[C@@H](Cc1cc(F)cc(F)c1)C(O)CNCc1cccc(CC(C)(C)C)n1. The van der Waals surface area contributed by atoms with Crippen LogP contribution in [0.2, 0.25) is 0 Å². The Morgan fingerprint density at radius 2 is 1.77 bits per heavy atom. The van der Waals surface area contributed by atoms with Crippen LogP contribution in [0.3, 0.4) is 0 Å². The highest BCUT2D eigenvalue weighted by molar-refractivity contribution is 5.73. The first kappa shape index (κ1) is 23.9. The third-order valence-corrected chi connectivity index (χ3v) is 4.47. The summed E-state index contributed by atoms with van der Waals surface area (Å²) in [5.41, 5.74) is 2.36. The number of aliphatic hydroxyl groups excluding tert-OH is 1. The number of amides is 1. The Bertz CT molecular complexity index is 832. The second kappa shape index (κ2) is 10.6. The highest BCUT2D eigenvalue weighted by atomic mass is 19.1. The second-order valence-corrected chi connectivity index (χ2v) is 8.84. The predicted molar refractivity (Wildman–Crippen MR) is 113 cm³/mol. The standard InChI is InChI=1S/C23H31F2N3O2/c1-15(29)27-21(10-16-8-17(24)11-18(25)9-16)22(30)14-26-13-20-7-5-6-19(28-20)12-23(2,3)4/h5-9,11,21-22,26,30H,10,12-14H2,1-4H3,(H,27,29)/t21-,22?/m0/s1. The maximum Gasteiger partial charge on any atom is 0.217 e. The molecule has 0 aliphatic rings. The molecule has 7 heteroatoms. The second-order valence-electron chi connectivity index (χ2n) is 8.84. The molecule has 0 saturated heterocycles. The first-order chi connectivity index (χ1) is 14.0. The first-order valence-corrected chi connectivity index (χ1v) is 10.1. The number of rotatable bonds is 9. The van der Waals surface area contributed by atoms with E-state index in [0.717, 1.165) is 23.9 Å². The van der Waals surface area contributed by atoms with Crippen LogP contribution in [0.1, 0.15) is 44.6 Å². The molecule has 1 aromatic carbocycles. The summed E-state index contributed by atoms with van der Waals surface area (Å²) in [7, 11) is 0. The Morgan fingerprint density at radius 3 is 2.37 bits per heavy atom. The molecule has 1 heterocycles. The summed E-state index contributed by atoms with van der Waals surface area (Å²) in [6, 6.07) is 8.36. The minimum atomic E-state index is -0.946. The summed E-state index contributed by atoms with van der Waals surface area (Å²) in [4.78, 5) is 16.2. The van der Waals surface area contributed by atoms with E-state index in [1.54, 1.807) is 0 Å². The van der Waals surface area contributed by atoms with Crippen molar-refractivity contribution in [3.8, 4) is 0 Å². The Kier molecular flexibility index (Phi) is 8.43. The molecular formula is C23H31F2N3O2. The molecule has 2 atom stereocenters. The van der Waals surface area contributed by atoms with E-state index in [2.05, 4.69) is 36.4 Å². The van der Waals surface area contributed by atoms with Gasteiger partial charge in [-0.25, -0.2) is 8.78 Å². The minimum absolute atomic E-state index is 0.108. The quantitative estimate of drug-likeness (QED) is 0.584. The van der Waals surface area contributed by atoms with Gasteiger partial charge in [0, 0.05) is 31.8 Å². The Balaban J connectivity index is 1.96. The number of aromatic nitrogens is 1. The molecule has 0 saturated carbocycles. The summed E-state index contributed by atoms with van der Waals surface area (Å²) in [6.07, 6.45) is 0.0206. The number of pyridine rings is 1. The molecular weight excluding hydrogens is 388 g/mol. The number of carbonyl (C=O) groups is 1. The van der Waals surface area contributed by atoms with Gasteiger partial charge in [-0.2, -0.15) is 0 Å². The zero-order chi connectivity index (χ0) is 22.3. The molecule has 1 amide bonds. The van der Waals surface area contributed by atoms with E-state index in [1.807, 2.05) is 18.2 Å². The van der Waals surface area contributed by atoms with Crippen LogP contribution >= 0.6 is 0 Å². The van der Waals surface area contributed by atoms with Gasteiger partial charge < -0.3 is 15.7 Å². The lowest BCUT2D eigenvalue weighted by Gasteiger charge is -2.24. The molecule has 2 rings (SSSR count). The fourth-order valence-corrected chi connectivity index (χ4v) is 3.29. The normalized spacial score (nSPS) is 13.7. The smallest absolute Gasteiger partial charge is 0.217 e. The summed E-state index contributed by atoms with van der Waals surface area (Å²) in [5.74, 6) is -1.71. The predicted octanol–water partition coefficient (Wildman–Crippen LogP) is 3.15. The molecule has 1 unspecified atom stereocenters. The van der Waals surface area contributed by atoms with E-state index < -0.39 is 23.8 Å². The molecule has 3 N–H and O–H groups in total. The number of nitrogens with zero attached hydrogens (tertiary/aromatic N) is 1.